The van der Waals surface area contributed by atoms with Crippen LogP contribution in [0.1, 0.15) is 27.0 Å². The number of anilines is 3. The number of carboxylic acids is 1. The summed E-state index contributed by atoms with van der Waals surface area (Å²) < 4.78 is 42.2. The number of sulfonamides is 1. The van der Waals surface area contributed by atoms with E-state index >= 15 is 0 Å². The summed E-state index contributed by atoms with van der Waals surface area (Å²) in [5.41, 5.74) is 4.17. The number of nitrogens with zero attached hydrogens (tertiary/aromatic N) is 3. The average molecular weight is 658 g/mol. The average Bonchev–Trinajstić information content (AvgIpc) is 2.90. The van der Waals surface area contributed by atoms with Crippen molar-refractivity contribution in [3.8, 4) is 0 Å². The number of carboxylic acid groups (broad SMARTS) is 1. The minimum absolute atomic E-state index is 0. The molecule has 1 aliphatic heterocycles. The largest absolute Gasteiger partial charge is 0.478 e. The summed E-state index contributed by atoms with van der Waals surface area (Å²) in [6.07, 6.45) is 0. The molecule has 226 valence electrons. The highest BCUT2D eigenvalue weighted by Crippen LogP contribution is 2.29. The lowest BCUT2D eigenvalue weighted by atomic mass is 10.1. The molecule has 3 aromatic carbocycles. The molecule has 8 nitrogen and oxygen atoms in total. The van der Waals surface area contributed by atoms with Crippen molar-refractivity contribution in [1.29, 1.82) is 0 Å². The SMILES string of the molecule is Cc1cc(C)c(S(=O)(=O)Nc2ccc3nc(N4CCN(c5ccc(F)cc5)CC4)cc(C(=O)O)c3c2)cc1C.Cl.Cl.Cl. The van der Waals surface area contributed by atoms with E-state index in [1.165, 1.54) is 24.3 Å². The third-order valence-corrected chi connectivity index (χ3v) is 8.68. The van der Waals surface area contributed by atoms with Crippen molar-refractivity contribution in [2.75, 3.05) is 40.7 Å². The fraction of sp³-hybridized carbons (Fsp3) is 0.241. The van der Waals surface area contributed by atoms with Gasteiger partial charge in [0, 0.05) is 42.9 Å². The standard InChI is InChI=1S/C29H29FN4O4S.3ClH/c1-18-14-20(3)27(15-19(18)2)39(37,38)32-22-6-9-26-24(16-22)25(29(35)36)17-28(31-26)34-12-10-33(11-13-34)23-7-4-21(30)5-8-23;;;/h4-9,14-17,32H,10-13H2,1-3H3,(H,35,36);3*1H. The monoisotopic (exact) mass is 656 g/mol. The molecule has 13 heteroatoms. The number of hydrogen-bond acceptors (Lipinski definition) is 6. The predicted octanol–water partition coefficient (Wildman–Crippen LogP) is 6.39. The molecule has 0 unspecified atom stereocenters. The van der Waals surface area contributed by atoms with Gasteiger partial charge in [-0.15, -0.1) is 37.2 Å². The van der Waals surface area contributed by atoms with E-state index in [1.807, 2.05) is 24.8 Å². The molecule has 1 saturated heterocycles. The lowest BCUT2D eigenvalue weighted by molar-refractivity contribution is 0.0699. The molecule has 1 aliphatic rings. The van der Waals surface area contributed by atoms with Gasteiger partial charge in [0.05, 0.1) is 16.0 Å². The fourth-order valence-corrected chi connectivity index (χ4v) is 6.26. The molecule has 1 aromatic heterocycles. The van der Waals surface area contributed by atoms with E-state index in [4.69, 9.17) is 4.98 Å². The number of hydrogen-bond donors (Lipinski definition) is 2. The van der Waals surface area contributed by atoms with Crippen LogP contribution in [0.2, 0.25) is 0 Å². The Morgan fingerprint density at radius 2 is 1.43 bits per heavy atom. The normalized spacial score (nSPS) is 13.0. The number of fused-ring (bicyclic) bond motifs is 1. The third-order valence-electron chi connectivity index (χ3n) is 7.15. The van der Waals surface area contributed by atoms with Crippen LogP contribution in [0.25, 0.3) is 10.9 Å². The molecule has 5 rings (SSSR count). The van der Waals surface area contributed by atoms with Crippen LogP contribution < -0.4 is 14.5 Å². The van der Waals surface area contributed by atoms with Crippen molar-refractivity contribution >= 4 is 81.3 Å². The topological polar surface area (TPSA) is 103 Å². The molecule has 4 aromatic rings. The highest BCUT2D eigenvalue weighted by atomic mass is 35.5. The van der Waals surface area contributed by atoms with Gasteiger partial charge in [0.1, 0.15) is 11.6 Å². The zero-order chi connectivity index (χ0) is 27.9. The summed E-state index contributed by atoms with van der Waals surface area (Å²) >= 11 is 0. The molecule has 0 amide bonds. The molecule has 2 heterocycles. The van der Waals surface area contributed by atoms with Gasteiger partial charge >= 0.3 is 5.97 Å². The van der Waals surface area contributed by atoms with Crippen molar-refractivity contribution in [3.05, 3.63) is 88.7 Å². The highest BCUT2D eigenvalue weighted by molar-refractivity contribution is 7.92. The fourth-order valence-electron chi connectivity index (χ4n) is 4.89. The summed E-state index contributed by atoms with van der Waals surface area (Å²) in [5.74, 6) is -0.869. The molecule has 0 aliphatic carbocycles. The van der Waals surface area contributed by atoms with E-state index in [9.17, 15) is 22.7 Å². The summed E-state index contributed by atoms with van der Waals surface area (Å²) in [4.78, 5) is 21.3. The molecule has 42 heavy (non-hydrogen) atoms. The Hall–Kier alpha value is -3.31. The Morgan fingerprint density at radius 1 is 0.833 bits per heavy atom. The molecule has 0 radical (unpaired) electrons. The number of rotatable bonds is 6. The zero-order valence-corrected chi connectivity index (χ0v) is 26.4. The molecule has 2 N–H and O–H groups in total. The van der Waals surface area contributed by atoms with E-state index in [2.05, 4.69) is 9.62 Å². The molecule has 0 atom stereocenters. The first-order valence-electron chi connectivity index (χ1n) is 12.6. The van der Waals surface area contributed by atoms with Crippen molar-refractivity contribution in [1.82, 2.24) is 4.98 Å². The van der Waals surface area contributed by atoms with Crippen LogP contribution in [0.3, 0.4) is 0 Å². The maximum atomic E-state index is 13.3. The minimum Gasteiger partial charge on any atom is -0.478 e. The van der Waals surface area contributed by atoms with Crippen molar-refractivity contribution in [3.63, 3.8) is 0 Å². The number of halogens is 4. The molecular formula is C29H32Cl3FN4O4S. The Kier molecular flexibility index (Phi) is 11.4. The van der Waals surface area contributed by atoms with Crippen molar-refractivity contribution < 1.29 is 22.7 Å². The number of carbonyl (C=O) groups is 1. The number of aromatic nitrogens is 1. The summed E-state index contributed by atoms with van der Waals surface area (Å²) in [7, 11) is -3.89. The number of aromatic carboxylic acids is 1. The predicted molar refractivity (Wildman–Crippen MR) is 173 cm³/mol. The number of nitrogens with one attached hydrogen (secondary N) is 1. The second kappa shape index (κ2) is 13.8. The van der Waals surface area contributed by atoms with Crippen LogP contribution in [0, 0.1) is 26.6 Å². The number of piperazine rings is 1. The Bertz CT molecular complexity index is 1700. The first-order valence-corrected chi connectivity index (χ1v) is 14.0. The van der Waals surface area contributed by atoms with E-state index < -0.39 is 16.0 Å². The molecular weight excluding hydrogens is 626 g/mol. The molecule has 1 fully saturated rings. The van der Waals surface area contributed by atoms with Crippen LogP contribution in [0.5, 0.6) is 0 Å². The summed E-state index contributed by atoms with van der Waals surface area (Å²) in [6, 6.07) is 16.1. The molecule has 0 bridgehead atoms. The summed E-state index contributed by atoms with van der Waals surface area (Å²) in [6.45, 7) is 8.10. The lowest BCUT2D eigenvalue weighted by Crippen LogP contribution is -2.46. The maximum Gasteiger partial charge on any atom is 0.336 e. The zero-order valence-electron chi connectivity index (χ0n) is 23.1. The second-order valence-electron chi connectivity index (χ2n) is 9.82. The van der Waals surface area contributed by atoms with Gasteiger partial charge < -0.3 is 14.9 Å². The molecule has 0 saturated carbocycles. The quantitative estimate of drug-likeness (QED) is 0.248. The van der Waals surface area contributed by atoms with Crippen LogP contribution in [-0.4, -0.2) is 50.7 Å². The number of aryl methyl sites for hydroxylation is 3. The third kappa shape index (κ3) is 7.18. The first-order chi connectivity index (χ1) is 18.5. The van der Waals surface area contributed by atoms with Gasteiger partial charge in [0.2, 0.25) is 0 Å². The van der Waals surface area contributed by atoms with Gasteiger partial charge in [0.15, 0.2) is 0 Å². The van der Waals surface area contributed by atoms with Gasteiger partial charge in [0.25, 0.3) is 10.0 Å². The maximum absolute atomic E-state index is 13.3. The van der Waals surface area contributed by atoms with Gasteiger partial charge in [-0.1, -0.05) is 6.07 Å². The van der Waals surface area contributed by atoms with Gasteiger partial charge in [-0.05, 0) is 92.1 Å². The van der Waals surface area contributed by atoms with Gasteiger partial charge in [-0.25, -0.2) is 22.6 Å². The minimum atomic E-state index is -3.89. The smallest absolute Gasteiger partial charge is 0.336 e. The number of pyridine rings is 1. The van der Waals surface area contributed by atoms with Crippen LogP contribution in [-0.2, 0) is 10.0 Å². The molecule has 0 spiro atoms. The Morgan fingerprint density at radius 3 is 2.05 bits per heavy atom. The van der Waals surface area contributed by atoms with Gasteiger partial charge in [-0.2, -0.15) is 0 Å². The van der Waals surface area contributed by atoms with Crippen LogP contribution >= 0.6 is 37.2 Å². The Labute approximate surface area is 263 Å². The van der Waals surface area contributed by atoms with E-state index in [-0.39, 0.29) is 59.2 Å². The second-order valence-corrected chi connectivity index (χ2v) is 11.5. The van der Waals surface area contributed by atoms with E-state index in [0.717, 1.165) is 16.8 Å². The van der Waals surface area contributed by atoms with E-state index in [1.54, 1.807) is 37.3 Å². The van der Waals surface area contributed by atoms with Crippen molar-refractivity contribution in [2.24, 2.45) is 0 Å². The van der Waals surface area contributed by atoms with Crippen molar-refractivity contribution in [2.45, 2.75) is 25.7 Å². The van der Waals surface area contributed by atoms with Crippen LogP contribution in [0.4, 0.5) is 21.6 Å². The lowest BCUT2D eigenvalue weighted by Gasteiger charge is -2.37. The summed E-state index contributed by atoms with van der Waals surface area (Å²) in [5, 5.41) is 10.3. The van der Waals surface area contributed by atoms with Crippen LogP contribution in [0.15, 0.2) is 65.6 Å². The number of benzene rings is 3. The van der Waals surface area contributed by atoms with E-state index in [0.29, 0.717) is 48.5 Å². The first kappa shape index (κ1) is 34.9. The highest BCUT2D eigenvalue weighted by Gasteiger charge is 2.23. The van der Waals surface area contributed by atoms with Gasteiger partial charge in [-0.3, -0.25) is 4.72 Å². The Balaban J connectivity index is 0.00000205.